The van der Waals surface area contributed by atoms with E-state index >= 15 is 0 Å². The first kappa shape index (κ1) is 30.4. The predicted octanol–water partition coefficient (Wildman–Crippen LogP) is 2.27. The summed E-state index contributed by atoms with van der Waals surface area (Å²) in [6.45, 7) is 11.1. The van der Waals surface area contributed by atoms with Gasteiger partial charge in [0.2, 0.25) is 5.91 Å². The third-order valence-corrected chi connectivity index (χ3v) is 4.16. The molecule has 0 fully saturated rings. The molecule has 0 heterocycles. The Morgan fingerprint density at radius 2 is 1.30 bits per heavy atom. The van der Waals surface area contributed by atoms with Crippen LogP contribution in [0.2, 0.25) is 0 Å². The summed E-state index contributed by atoms with van der Waals surface area (Å²) in [5.74, 6) is -1.76. The number of carboxylic acid groups (broad SMARTS) is 1. The van der Waals surface area contributed by atoms with E-state index in [0.717, 1.165) is 0 Å². The van der Waals surface area contributed by atoms with Gasteiger partial charge in [-0.1, -0.05) is 0 Å². The summed E-state index contributed by atoms with van der Waals surface area (Å²) in [5, 5.41) is 17.0. The van der Waals surface area contributed by atoms with Crippen LogP contribution in [0.1, 0.15) is 80.1 Å². The van der Waals surface area contributed by atoms with Gasteiger partial charge in [0.25, 0.3) is 0 Å². The van der Waals surface area contributed by atoms with E-state index < -0.39 is 47.3 Å². The van der Waals surface area contributed by atoms with Gasteiger partial charge in [0, 0.05) is 6.54 Å². The monoisotopic (exact) mass is 474 g/mol. The lowest BCUT2D eigenvalue weighted by Crippen LogP contribution is -2.52. The molecule has 2 atom stereocenters. The highest BCUT2D eigenvalue weighted by atomic mass is 16.6. The molecule has 0 bridgehead atoms. The molecule has 3 amide bonds. The van der Waals surface area contributed by atoms with Crippen molar-refractivity contribution in [2.75, 3.05) is 13.1 Å². The number of hydrogen-bond donors (Lipinski definition) is 5. The third-order valence-electron chi connectivity index (χ3n) is 4.16. The fraction of sp³-hybridized carbons (Fsp3) is 0.818. The fourth-order valence-electron chi connectivity index (χ4n) is 2.72. The van der Waals surface area contributed by atoms with Gasteiger partial charge >= 0.3 is 18.2 Å². The van der Waals surface area contributed by atoms with Crippen LogP contribution in [0.5, 0.6) is 0 Å². The molecule has 0 aromatic carbocycles. The number of ether oxygens (including phenoxy) is 2. The maximum atomic E-state index is 12.8. The van der Waals surface area contributed by atoms with E-state index in [1.165, 1.54) is 0 Å². The summed E-state index contributed by atoms with van der Waals surface area (Å²) in [4.78, 5) is 48.2. The summed E-state index contributed by atoms with van der Waals surface area (Å²) in [6, 6.07) is -2.07. The maximum absolute atomic E-state index is 12.8. The van der Waals surface area contributed by atoms with Crippen LogP contribution < -0.4 is 21.7 Å². The number of alkyl carbamates (subject to hydrolysis) is 2. The first-order chi connectivity index (χ1) is 15.1. The van der Waals surface area contributed by atoms with Crippen LogP contribution in [0.3, 0.4) is 0 Å². The molecular weight excluding hydrogens is 432 g/mol. The van der Waals surface area contributed by atoms with E-state index in [9.17, 15) is 24.3 Å². The van der Waals surface area contributed by atoms with Gasteiger partial charge in [-0.3, -0.25) is 4.79 Å². The molecule has 0 aromatic rings. The molecular formula is C22H42N4O7. The van der Waals surface area contributed by atoms with Crippen molar-refractivity contribution in [2.24, 2.45) is 5.73 Å². The normalized spacial score (nSPS) is 13.4. The second kappa shape index (κ2) is 14.6. The molecule has 0 aliphatic carbocycles. The summed E-state index contributed by atoms with van der Waals surface area (Å²) >= 11 is 0. The molecule has 0 aliphatic rings. The van der Waals surface area contributed by atoms with Crippen molar-refractivity contribution >= 4 is 24.1 Å². The molecule has 192 valence electrons. The third kappa shape index (κ3) is 16.7. The van der Waals surface area contributed by atoms with Gasteiger partial charge in [-0.05, 0) is 86.6 Å². The van der Waals surface area contributed by atoms with Crippen molar-refractivity contribution in [1.29, 1.82) is 0 Å². The molecule has 0 aliphatic heterocycles. The number of unbranched alkanes of at least 4 members (excludes halogenated alkanes) is 2. The van der Waals surface area contributed by atoms with E-state index in [0.29, 0.717) is 38.8 Å². The first-order valence-electron chi connectivity index (χ1n) is 11.3. The standard InChI is InChI=1S/C22H42N4O7/c1-21(2,3)32-19(30)24-14-10-8-11-15(26-20(31)33-22(4,5)6)17(27)25-16(18(28)29)12-7-9-13-23/h15-16H,7-14,23H2,1-6H3,(H,24,30)(H,25,27)(H,26,31)(H,28,29). The van der Waals surface area contributed by atoms with Gasteiger partial charge in [0.05, 0.1) is 0 Å². The van der Waals surface area contributed by atoms with Crippen LogP contribution in [0.25, 0.3) is 0 Å². The average Bonchev–Trinajstić information content (AvgIpc) is 2.62. The van der Waals surface area contributed by atoms with Gasteiger partial charge in [0.1, 0.15) is 23.3 Å². The summed E-state index contributed by atoms with van der Waals surface area (Å²) in [5.41, 5.74) is 4.09. The number of carbonyl (C=O) groups excluding carboxylic acids is 3. The smallest absolute Gasteiger partial charge is 0.408 e. The second-order valence-electron chi connectivity index (χ2n) is 9.81. The minimum Gasteiger partial charge on any atom is -0.480 e. The lowest BCUT2D eigenvalue weighted by Gasteiger charge is -2.24. The van der Waals surface area contributed by atoms with Gasteiger partial charge in [0.15, 0.2) is 0 Å². The van der Waals surface area contributed by atoms with Crippen molar-refractivity contribution < 1.29 is 33.8 Å². The summed E-state index contributed by atoms with van der Waals surface area (Å²) in [7, 11) is 0. The fourth-order valence-corrected chi connectivity index (χ4v) is 2.72. The summed E-state index contributed by atoms with van der Waals surface area (Å²) in [6.07, 6.45) is 1.35. The first-order valence-corrected chi connectivity index (χ1v) is 11.3. The van der Waals surface area contributed by atoms with Gasteiger partial charge in [-0.15, -0.1) is 0 Å². The number of amides is 3. The molecule has 2 unspecified atom stereocenters. The van der Waals surface area contributed by atoms with Crippen molar-refractivity contribution in [3.63, 3.8) is 0 Å². The Labute approximate surface area is 196 Å². The van der Waals surface area contributed by atoms with E-state index in [4.69, 9.17) is 15.2 Å². The number of carbonyl (C=O) groups is 4. The Morgan fingerprint density at radius 3 is 1.82 bits per heavy atom. The number of nitrogens with two attached hydrogens (primary N) is 1. The van der Waals surface area contributed by atoms with E-state index in [-0.39, 0.29) is 12.8 Å². The Morgan fingerprint density at radius 1 is 0.788 bits per heavy atom. The molecule has 0 radical (unpaired) electrons. The number of rotatable bonds is 13. The minimum atomic E-state index is -1.15. The quantitative estimate of drug-likeness (QED) is 0.253. The van der Waals surface area contributed by atoms with Crippen LogP contribution in [0.4, 0.5) is 9.59 Å². The molecule has 33 heavy (non-hydrogen) atoms. The zero-order valence-corrected chi connectivity index (χ0v) is 20.8. The van der Waals surface area contributed by atoms with Crippen LogP contribution in [0.15, 0.2) is 0 Å². The molecule has 0 saturated heterocycles. The van der Waals surface area contributed by atoms with E-state index in [1.54, 1.807) is 41.5 Å². The largest absolute Gasteiger partial charge is 0.480 e. The second-order valence-corrected chi connectivity index (χ2v) is 9.81. The van der Waals surface area contributed by atoms with Crippen molar-refractivity contribution in [2.45, 2.75) is 103 Å². The average molecular weight is 475 g/mol. The van der Waals surface area contributed by atoms with Crippen molar-refractivity contribution in [1.82, 2.24) is 16.0 Å². The van der Waals surface area contributed by atoms with Crippen LogP contribution in [-0.4, -0.2) is 65.5 Å². The van der Waals surface area contributed by atoms with Crippen molar-refractivity contribution in [3.8, 4) is 0 Å². The van der Waals surface area contributed by atoms with Crippen LogP contribution in [0, 0.1) is 0 Å². The molecule has 0 aromatic heterocycles. The van der Waals surface area contributed by atoms with Gasteiger partial charge in [-0.25, -0.2) is 14.4 Å². The molecule has 0 spiro atoms. The minimum absolute atomic E-state index is 0.232. The molecule has 0 saturated carbocycles. The predicted molar refractivity (Wildman–Crippen MR) is 124 cm³/mol. The highest BCUT2D eigenvalue weighted by Gasteiger charge is 2.28. The molecule has 0 rings (SSSR count). The summed E-state index contributed by atoms with van der Waals surface area (Å²) < 4.78 is 10.4. The maximum Gasteiger partial charge on any atom is 0.408 e. The molecule has 11 nitrogen and oxygen atoms in total. The number of aliphatic carboxylic acids is 1. The lowest BCUT2D eigenvalue weighted by molar-refractivity contribution is -0.142. The van der Waals surface area contributed by atoms with Crippen molar-refractivity contribution in [3.05, 3.63) is 0 Å². The molecule has 6 N–H and O–H groups in total. The number of nitrogens with one attached hydrogen (secondary N) is 3. The van der Waals surface area contributed by atoms with Crippen LogP contribution >= 0.6 is 0 Å². The molecule has 11 heteroatoms. The van der Waals surface area contributed by atoms with E-state index in [1.807, 2.05) is 0 Å². The topological polar surface area (TPSA) is 169 Å². The van der Waals surface area contributed by atoms with Gasteiger partial charge in [-0.2, -0.15) is 0 Å². The highest BCUT2D eigenvalue weighted by Crippen LogP contribution is 2.10. The zero-order valence-electron chi connectivity index (χ0n) is 20.8. The Kier molecular flexibility index (Phi) is 13.4. The lowest BCUT2D eigenvalue weighted by atomic mass is 10.1. The Balaban J connectivity index is 4.91. The van der Waals surface area contributed by atoms with Gasteiger partial charge < -0.3 is 36.3 Å². The zero-order chi connectivity index (χ0) is 25.7. The number of carboxylic acids is 1. The SMILES string of the molecule is CC(C)(C)OC(=O)NCCCCC(NC(=O)OC(C)(C)C)C(=O)NC(CCCCN)C(=O)O. The van der Waals surface area contributed by atoms with Crippen LogP contribution in [-0.2, 0) is 19.1 Å². The highest BCUT2D eigenvalue weighted by molar-refractivity contribution is 5.89. The Bertz CT molecular complexity index is 642. The number of hydrogen-bond acceptors (Lipinski definition) is 7. The Hall–Kier alpha value is -2.56. The van der Waals surface area contributed by atoms with E-state index in [2.05, 4.69) is 16.0 Å².